The third kappa shape index (κ3) is 1.93. The average molecular weight is 230 g/mol. The number of nitrogens with one attached hydrogen (secondary N) is 1. The maximum Gasteiger partial charge on any atom is 0.342 e. The van der Waals surface area contributed by atoms with Crippen molar-refractivity contribution in [3.63, 3.8) is 0 Å². The summed E-state index contributed by atoms with van der Waals surface area (Å²) in [5.74, 6) is -4.77. The van der Waals surface area contributed by atoms with Crippen LogP contribution in [0.3, 0.4) is 0 Å². The van der Waals surface area contributed by atoms with E-state index in [1.54, 1.807) is 0 Å². The van der Waals surface area contributed by atoms with Crippen molar-refractivity contribution in [2.24, 2.45) is 5.92 Å². The van der Waals surface area contributed by atoms with Crippen molar-refractivity contribution in [1.29, 1.82) is 0 Å². The SMILES string of the molecule is O=C(O)c1cnc(CC2CC2(F)F)[nH]c1=O. The number of aromatic amines is 1. The predicted octanol–water partition coefficient (Wildman–Crippen LogP) is 0.666. The molecule has 1 fully saturated rings. The fourth-order valence-corrected chi connectivity index (χ4v) is 1.41. The van der Waals surface area contributed by atoms with Gasteiger partial charge in [0, 0.05) is 25.0 Å². The molecule has 5 nitrogen and oxygen atoms in total. The smallest absolute Gasteiger partial charge is 0.342 e. The molecule has 0 amide bonds. The van der Waals surface area contributed by atoms with Crippen molar-refractivity contribution < 1.29 is 18.7 Å². The lowest BCUT2D eigenvalue weighted by Crippen LogP contribution is -2.20. The van der Waals surface area contributed by atoms with Crippen molar-refractivity contribution in [2.75, 3.05) is 0 Å². The largest absolute Gasteiger partial charge is 0.477 e. The molecule has 7 heteroatoms. The van der Waals surface area contributed by atoms with Crippen LogP contribution in [0.25, 0.3) is 0 Å². The molecular formula is C9H8F2N2O3. The van der Waals surface area contributed by atoms with Crippen molar-refractivity contribution >= 4 is 5.97 Å². The maximum absolute atomic E-state index is 12.6. The summed E-state index contributed by atoms with van der Waals surface area (Å²) >= 11 is 0. The molecule has 0 radical (unpaired) electrons. The van der Waals surface area contributed by atoms with Gasteiger partial charge in [-0.2, -0.15) is 0 Å². The van der Waals surface area contributed by atoms with E-state index in [2.05, 4.69) is 9.97 Å². The first-order valence-corrected chi connectivity index (χ1v) is 4.59. The van der Waals surface area contributed by atoms with Crippen LogP contribution in [0.2, 0.25) is 0 Å². The van der Waals surface area contributed by atoms with Gasteiger partial charge in [-0.25, -0.2) is 18.6 Å². The number of carbonyl (C=O) groups is 1. The molecule has 1 aromatic heterocycles. The molecule has 0 aliphatic heterocycles. The maximum atomic E-state index is 12.6. The summed E-state index contributed by atoms with van der Waals surface area (Å²) in [7, 11) is 0. The number of hydrogen-bond acceptors (Lipinski definition) is 3. The molecule has 0 spiro atoms. The van der Waals surface area contributed by atoms with E-state index in [0.717, 1.165) is 6.20 Å². The third-order valence-corrected chi connectivity index (χ3v) is 2.48. The predicted molar refractivity (Wildman–Crippen MR) is 48.6 cm³/mol. The number of carboxylic acids is 1. The highest BCUT2D eigenvalue weighted by atomic mass is 19.3. The fraction of sp³-hybridized carbons (Fsp3) is 0.444. The number of rotatable bonds is 3. The van der Waals surface area contributed by atoms with Crippen LogP contribution in [0.4, 0.5) is 8.78 Å². The van der Waals surface area contributed by atoms with Gasteiger partial charge in [-0.3, -0.25) is 4.79 Å². The first-order chi connectivity index (χ1) is 7.40. The molecule has 1 aliphatic carbocycles. The number of aromatic nitrogens is 2. The number of nitrogens with zero attached hydrogens (tertiary/aromatic N) is 1. The second-order valence-electron chi connectivity index (χ2n) is 3.74. The molecule has 1 heterocycles. The minimum atomic E-state index is -2.68. The Morgan fingerprint density at radius 2 is 2.31 bits per heavy atom. The van der Waals surface area contributed by atoms with Gasteiger partial charge >= 0.3 is 5.97 Å². The van der Waals surface area contributed by atoms with Gasteiger partial charge < -0.3 is 10.1 Å². The van der Waals surface area contributed by atoms with Gasteiger partial charge in [0.2, 0.25) is 0 Å². The lowest BCUT2D eigenvalue weighted by Gasteiger charge is -1.99. The monoisotopic (exact) mass is 230 g/mol. The number of carboxylic acid groups (broad SMARTS) is 1. The summed E-state index contributed by atoms with van der Waals surface area (Å²) in [5, 5.41) is 8.55. The molecule has 2 N–H and O–H groups in total. The topological polar surface area (TPSA) is 83.0 Å². The zero-order valence-electron chi connectivity index (χ0n) is 8.04. The molecule has 16 heavy (non-hydrogen) atoms. The van der Waals surface area contributed by atoms with Crippen LogP contribution < -0.4 is 5.56 Å². The van der Waals surface area contributed by atoms with Gasteiger partial charge in [0.25, 0.3) is 11.5 Å². The van der Waals surface area contributed by atoms with Crippen LogP contribution in [0.1, 0.15) is 22.6 Å². The number of H-pyrrole nitrogens is 1. The molecular weight excluding hydrogens is 222 g/mol. The van der Waals surface area contributed by atoms with Gasteiger partial charge in [0.15, 0.2) is 0 Å². The second kappa shape index (κ2) is 3.36. The number of alkyl halides is 2. The standard InChI is InChI=1S/C9H8F2N2O3/c10-9(11)2-4(9)1-6-12-3-5(8(15)16)7(14)13-6/h3-4H,1-2H2,(H,15,16)(H,12,13,14). The quantitative estimate of drug-likeness (QED) is 0.799. The lowest BCUT2D eigenvalue weighted by molar-refractivity contribution is 0.0693. The minimum Gasteiger partial charge on any atom is -0.477 e. The van der Waals surface area contributed by atoms with E-state index in [9.17, 15) is 18.4 Å². The van der Waals surface area contributed by atoms with Crippen molar-refractivity contribution in [2.45, 2.75) is 18.8 Å². The van der Waals surface area contributed by atoms with Crippen LogP contribution in [0.5, 0.6) is 0 Å². The summed E-state index contributed by atoms with van der Waals surface area (Å²) in [6.07, 6.45) is 0.635. The molecule has 1 atom stereocenters. The van der Waals surface area contributed by atoms with Crippen LogP contribution in [0.15, 0.2) is 11.0 Å². The number of aromatic carboxylic acids is 1. The fourth-order valence-electron chi connectivity index (χ4n) is 1.41. The molecule has 1 unspecified atom stereocenters. The minimum absolute atomic E-state index is 0.0395. The summed E-state index contributed by atoms with van der Waals surface area (Å²) in [5.41, 5.74) is -1.31. The van der Waals surface area contributed by atoms with Crippen molar-refractivity contribution in [3.05, 3.63) is 27.9 Å². The zero-order valence-corrected chi connectivity index (χ0v) is 8.04. The van der Waals surface area contributed by atoms with Crippen LogP contribution >= 0.6 is 0 Å². The Balaban J connectivity index is 2.16. The number of hydrogen-bond donors (Lipinski definition) is 2. The highest BCUT2D eigenvalue weighted by Crippen LogP contribution is 2.49. The first-order valence-electron chi connectivity index (χ1n) is 4.59. The summed E-state index contributed by atoms with van der Waals surface area (Å²) < 4.78 is 25.2. The Bertz CT molecular complexity index is 498. The van der Waals surface area contributed by atoms with Gasteiger partial charge in [0.1, 0.15) is 11.4 Å². The van der Waals surface area contributed by atoms with E-state index in [0.29, 0.717) is 0 Å². The van der Waals surface area contributed by atoms with Gasteiger partial charge in [-0.1, -0.05) is 0 Å². The second-order valence-corrected chi connectivity index (χ2v) is 3.74. The normalized spacial score (nSPS) is 21.8. The van der Waals surface area contributed by atoms with E-state index < -0.39 is 28.9 Å². The van der Waals surface area contributed by atoms with Gasteiger partial charge in [-0.05, 0) is 0 Å². The molecule has 0 saturated heterocycles. The van der Waals surface area contributed by atoms with Gasteiger partial charge in [0.05, 0.1) is 0 Å². The van der Waals surface area contributed by atoms with E-state index in [-0.39, 0.29) is 18.7 Å². The Kier molecular flexibility index (Phi) is 2.25. The highest BCUT2D eigenvalue weighted by Gasteiger charge is 2.56. The molecule has 2 rings (SSSR count). The summed E-state index contributed by atoms with van der Waals surface area (Å²) in [6, 6.07) is 0. The Hall–Kier alpha value is -1.79. The molecule has 86 valence electrons. The molecule has 1 aliphatic rings. The van der Waals surface area contributed by atoms with E-state index in [1.807, 2.05) is 0 Å². The van der Waals surface area contributed by atoms with Gasteiger partial charge in [-0.15, -0.1) is 0 Å². The highest BCUT2D eigenvalue weighted by molar-refractivity contribution is 5.86. The lowest BCUT2D eigenvalue weighted by atomic mass is 10.2. The first kappa shape index (κ1) is 10.7. The Morgan fingerprint density at radius 3 is 2.75 bits per heavy atom. The average Bonchev–Trinajstić information content (AvgIpc) is 2.72. The summed E-state index contributed by atoms with van der Waals surface area (Å²) in [4.78, 5) is 27.5. The molecule has 0 bridgehead atoms. The summed E-state index contributed by atoms with van der Waals surface area (Å²) in [6.45, 7) is 0. The van der Waals surface area contributed by atoms with Crippen LogP contribution in [-0.2, 0) is 6.42 Å². The van der Waals surface area contributed by atoms with E-state index in [4.69, 9.17) is 5.11 Å². The zero-order chi connectivity index (χ0) is 11.9. The van der Waals surface area contributed by atoms with Crippen molar-refractivity contribution in [1.82, 2.24) is 9.97 Å². The van der Waals surface area contributed by atoms with Crippen LogP contribution in [0, 0.1) is 5.92 Å². The Morgan fingerprint density at radius 1 is 1.69 bits per heavy atom. The molecule has 0 aromatic carbocycles. The third-order valence-electron chi connectivity index (χ3n) is 2.48. The molecule has 1 saturated carbocycles. The molecule has 1 aromatic rings. The number of halogens is 2. The van der Waals surface area contributed by atoms with E-state index >= 15 is 0 Å². The van der Waals surface area contributed by atoms with Crippen LogP contribution in [-0.4, -0.2) is 27.0 Å². The van der Waals surface area contributed by atoms with E-state index in [1.165, 1.54) is 0 Å². The Labute approximate surface area is 88.1 Å². The van der Waals surface area contributed by atoms with Crippen molar-refractivity contribution in [3.8, 4) is 0 Å².